The third-order valence-electron chi connectivity index (χ3n) is 8.23. The first-order valence-corrected chi connectivity index (χ1v) is 13.6. The van der Waals surface area contributed by atoms with E-state index in [1.165, 1.54) is 17.7 Å². The Morgan fingerprint density at radius 2 is 1.58 bits per heavy atom. The molecule has 38 heavy (non-hydrogen) atoms. The molecule has 0 spiro atoms. The van der Waals surface area contributed by atoms with Crippen molar-refractivity contribution in [3.05, 3.63) is 101 Å². The normalized spacial score (nSPS) is 20.9. The molecule has 3 aliphatic rings. The van der Waals surface area contributed by atoms with Gasteiger partial charge in [0.05, 0.1) is 12.0 Å². The fourth-order valence-corrected chi connectivity index (χ4v) is 6.26. The van der Waals surface area contributed by atoms with Crippen molar-refractivity contribution in [3.8, 4) is 0 Å². The number of nitrogens with one attached hydrogen (secondary N) is 1. The lowest BCUT2D eigenvalue weighted by atomic mass is 9.76. The number of carbonyl (C=O) groups excluding carboxylic acids is 2. The number of hydrogen-bond donors (Lipinski definition) is 1. The van der Waals surface area contributed by atoms with E-state index in [0.717, 1.165) is 62.4 Å². The molecule has 3 heterocycles. The van der Waals surface area contributed by atoms with Crippen molar-refractivity contribution >= 4 is 17.5 Å². The molecule has 0 saturated carbocycles. The number of anilines is 1. The molecule has 3 aromatic rings. The highest BCUT2D eigenvalue weighted by atomic mass is 19.1. The Bertz CT molecular complexity index is 1320. The zero-order valence-electron chi connectivity index (χ0n) is 21.5. The van der Waals surface area contributed by atoms with E-state index in [4.69, 9.17) is 0 Å². The van der Waals surface area contributed by atoms with Crippen LogP contribution in [0.15, 0.2) is 72.8 Å². The largest absolute Gasteiger partial charge is 0.369 e. The number of nitrogens with zero attached hydrogens (tertiary/aromatic N) is 3. The molecule has 0 radical (unpaired) electrons. The molecule has 2 amide bonds. The molecule has 1 fully saturated rings. The predicted octanol–water partition coefficient (Wildman–Crippen LogP) is 3.99. The van der Waals surface area contributed by atoms with Crippen LogP contribution < -0.4 is 10.2 Å². The predicted molar refractivity (Wildman–Crippen MR) is 146 cm³/mol. The molecule has 3 aromatic carbocycles. The van der Waals surface area contributed by atoms with Gasteiger partial charge in [-0.25, -0.2) is 4.39 Å². The van der Waals surface area contributed by atoms with E-state index in [1.54, 1.807) is 0 Å². The highest BCUT2D eigenvalue weighted by molar-refractivity contribution is 6.01. The van der Waals surface area contributed by atoms with Crippen LogP contribution in [0.3, 0.4) is 0 Å². The average molecular weight is 513 g/mol. The Labute approximate surface area is 223 Å². The number of piperazine rings is 1. The van der Waals surface area contributed by atoms with Crippen molar-refractivity contribution in [2.75, 3.05) is 50.7 Å². The average Bonchev–Trinajstić information content (AvgIpc) is 2.96. The number of amides is 2. The van der Waals surface area contributed by atoms with Gasteiger partial charge >= 0.3 is 0 Å². The minimum Gasteiger partial charge on any atom is -0.369 e. The van der Waals surface area contributed by atoms with E-state index in [1.807, 2.05) is 53.4 Å². The lowest BCUT2D eigenvalue weighted by molar-refractivity contribution is -0.124. The SMILES string of the molecule is O=C(NCCCN1CCN(c2ccc(F)cc2)CC1)[C@H]1c2ccccc2C(=O)N2CCc3ccccc3[C@@H]12. The fourth-order valence-electron chi connectivity index (χ4n) is 6.26. The molecule has 196 valence electrons. The van der Waals surface area contributed by atoms with Gasteiger partial charge in [0.1, 0.15) is 5.82 Å². The Hall–Kier alpha value is -3.71. The van der Waals surface area contributed by atoms with Crippen LogP contribution in [0.5, 0.6) is 0 Å². The summed E-state index contributed by atoms with van der Waals surface area (Å²) in [5, 5.41) is 3.20. The van der Waals surface area contributed by atoms with Gasteiger partial charge < -0.3 is 15.1 Å². The quantitative estimate of drug-likeness (QED) is 0.508. The van der Waals surface area contributed by atoms with Gasteiger partial charge in [0.25, 0.3) is 5.91 Å². The molecule has 0 bridgehead atoms. The molecule has 0 aliphatic carbocycles. The molecule has 6 nitrogen and oxygen atoms in total. The van der Waals surface area contributed by atoms with E-state index in [-0.39, 0.29) is 23.7 Å². The number of carbonyl (C=O) groups is 2. The minimum atomic E-state index is -0.426. The first kappa shape index (κ1) is 24.6. The number of hydrogen-bond acceptors (Lipinski definition) is 4. The van der Waals surface area contributed by atoms with E-state index < -0.39 is 5.92 Å². The standard InChI is InChI=1S/C31H33FN4O2/c32-23-10-12-24(13-11-23)35-20-18-34(19-21-35)16-5-15-33-30(37)28-26-8-3-4-9-27(26)31(38)36-17-14-22-6-1-2-7-25(22)29(28)36/h1-4,6-13,28-29H,5,14-21H2,(H,33,37)/t28-,29-/m0/s1. The van der Waals surface area contributed by atoms with Crippen molar-refractivity contribution in [1.29, 1.82) is 0 Å². The minimum absolute atomic E-state index is 0.0159. The van der Waals surface area contributed by atoms with E-state index in [9.17, 15) is 14.0 Å². The van der Waals surface area contributed by atoms with Crippen LogP contribution in [-0.2, 0) is 11.2 Å². The van der Waals surface area contributed by atoms with Crippen molar-refractivity contribution in [2.24, 2.45) is 0 Å². The monoisotopic (exact) mass is 512 g/mol. The second-order valence-electron chi connectivity index (χ2n) is 10.4. The van der Waals surface area contributed by atoms with Crippen LogP contribution in [0.25, 0.3) is 0 Å². The molecule has 2 atom stereocenters. The maximum atomic E-state index is 13.7. The van der Waals surface area contributed by atoms with Gasteiger partial charge in [-0.3, -0.25) is 14.5 Å². The summed E-state index contributed by atoms with van der Waals surface area (Å²) >= 11 is 0. The summed E-state index contributed by atoms with van der Waals surface area (Å²) in [5.41, 5.74) is 4.83. The first-order chi connectivity index (χ1) is 18.6. The molecule has 1 N–H and O–H groups in total. The lowest BCUT2D eigenvalue weighted by Crippen LogP contribution is -2.50. The number of benzene rings is 3. The summed E-state index contributed by atoms with van der Waals surface area (Å²) in [6, 6.07) is 22.2. The molecule has 6 rings (SSSR count). The maximum Gasteiger partial charge on any atom is 0.254 e. The third-order valence-corrected chi connectivity index (χ3v) is 8.23. The van der Waals surface area contributed by atoms with E-state index >= 15 is 0 Å². The van der Waals surface area contributed by atoms with Crippen LogP contribution >= 0.6 is 0 Å². The van der Waals surface area contributed by atoms with Crippen molar-refractivity contribution in [2.45, 2.75) is 24.8 Å². The molecule has 7 heteroatoms. The van der Waals surface area contributed by atoms with Gasteiger partial charge in [-0.05, 0) is 66.4 Å². The zero-order valence-corrected chi connectivity index (χ0v) is 21.5. The van der Waals surface area contributed by atoms with Crippen molar-refractivity contribution in [3.63, 3.8) is 0 Å². The zero-order chi connectivity index (χ0) is 26.1. The van der Waals surface area contributed by atoms with Crippen molar-refractivity contribution in [1.82, 2.24) is 15.1 Å². The topological polar surface area (TPSA) is 55.9 Å². The van der Waals surface area contributed by atoms with Gasteiger partial charge in [0.2, 0.25) is 5.91 Å². The second-order valence-corrected chi connectivity index (χ2v) is 10.4. The molecular formula is C31H33FN4O2. The summed E-state index contributed by atoms with van der Waals surface area (Å²) < 4.78 is 13.2. The Balaban J connectivity index is 1.09. The molecule has 0 unspecified atom stereocenters. The van der Waals surface area contributed by atoms with E-state index in [2.05, 4.69) is 27.2 Å². The molecule has 3 aliphatic heterocycles. The highest BCUT2D eigenvalue weighted by Crippen LogP contribution is 2.45. The van der Waals surface area contributed by atoms with Gasteiger partial charge in [0, 0.05) is 50.5 Å². The number of halogens is 1. The summed E-state index contributed by atoms with van der Waals surface area (Å²) in [5.74, 6) is -0.635. The second kappa shape index (κ2) is 10.6. The maximum absolute atomic E-state index is 13.7. The highest BCUT2D eigenvalue weighted by Gasteiger charge is 2.46. The van der Waals surface area contributed by atoms with Crippen LogP contribution in [0.1, 0.15) is 45.4 Å². The Morgan fingerprint density at radius 1 is 0.868 bits per heavy atom. The Morgan fingerprint density at radius 3 is 2.37 bits per heavy atom. The molecular weight excluding hydrogens is 479 g/mol. The summed E-state index contributed by atoms with van der Waals surface area (Å²) in [4.78, 5) is 33.7. The first-order valence-electron chi connectivity index (χ1n) is 13.6. The molecule has 0 aromatic heterocycles. The fraction of sp³-hybridized carbons (Fsp3) is 0.355. The smallest absolute Gasteiger partial charge is 0.254 e. The summed E-state index contributed by atoms with van der Waals surface area (Å²) in [7, 11) is 0. The number of rotatable bonds is 6. The van der Waals surface area contributed by atoms with Gasteiger partial charge in [-0.15, -0.1) is 0 Å². The van der Waals surface area contributed by atoms with Crippen LogP contribution in [0.2, 0.25) is 0 Å². The lowest BCUT2D eigenvalue weighted by Gasteiger charge is -2.45. The van der Waals surface area contributed by atoms with Gasteiger partial charge in [-0.1, -0.05) is 42.5 Å². The van der Waals surface area contributed by atoms with Gasteiger partial charge in [-0.2, -0.15) is 0 Å². The summed E-state index contributed by atoms with van der Waals surface area (Å²) in [6.45, 7) is 5.83. The Kier molecular flexibility index (Phi) is 6.85. The van der Waals surface area contributed by atoms with Crippen LogP contribution in [0, 0.1) is 5.82 Å². The third kappa shape index (κ3) is 4.67. The summed E-state index contributed by atoms with van der Waals surface area (Å²) in [6.07, 6.45) is 1.67. The van der Waals surface area contributed by atoms with Crippen LogP contribution in [0.4, 0.5) is 10.1 Å². The van der Waals surface area contributed by atoms with Crippen LogP contribution in [-0.4, -0.2) is 67.4 Å². The van der Waals surface area contributed by atoms with Crippen molar-refractivity contribution < 1.29 is 14.0 Å². The number of fused-ring (bicyclic) bond motifs is 4. The van der Waals surface area contributed by atoms with Gasteiger partial charge in [0.15, 0.2) is 0 Å². The van der Waals surface area contributed by atoms with E-state index in [0.29, 0.717) is 18.7 Å². The molecule has 1 saturated heterocycles.